The van der Waals surface area contributed by atoms with E-state index in [9.17, 15) is 19.7 Å². The first-order valence-electron chi connectivity index (χ1n) is 7.79. The number of carbonyl (C=O) groups is 2. The number of carboxylic acid groups (broad SMARTS) is 1. The number of carboxylic acids is 1. The van der Waals surface area contributed by atoms with Crippen molar-refractivity contribution in [3.05, 3.63) is 64.2 Å². The van der Waals surface area contributed by atoms with Crippen LogP contribution in [0.2, 0.25) is 0 Å². The van der Waals surface area contributed by atoms with Crippen molar-refractivity contribution in [1.29, 1.82) is 0 Å². The van der Waals surface area contributed by atoms with Gasteiger partial charge in [0.05, 0.1) is 24.4 Å². The molecule has 2 aromatic carbocycles. The standard InChI is InChI=1S/C18H18N2O6/c1-26-16-5-3-2-4-12(16)10-13(11-17(21)22)18(23)19-14-6-8-15(9-7-14)20(24)25/h2-9,13H,10-11H2,1H3,(H,19,23)(H,21,22). The zero-order chi connectivity index (χ0) is 19.1. The maximum absolute atomic E-state index is 12.5. The molecule has 1 unspecified atom stereocenters. The van der Waals surface area contributed by atoms with Crippen LogP contribution in [0.4, 0.5) is 11.4 Å². The molecule has 0 fully saturated rings. The van der Waals surface area contributed by atoms with Crippen molar-refractivity contribution in [2.24, 2.45) is 5.92 Å². The predicted octanol–water partition coefficient (Wildman–Crippen LogP) is 2.88. The van der Waals surface area contributed by atoms with Crippen LogP contribution in [0, 0.1) is 16.0 Å². The number of nitrogens with one attached hydrogen (secondary N) is 1. The lowest BCUT2D eigenvalue weighted by Crippen LogP contribution is -2.27. The molecule has 0 bridgehead atoms. The molecule has 0 radical (unpaired) electrons. The molecule has 0 saturated carbocycles. The highest BCUT2D eigenvalue weighted by molar-refractivity contribution is 5.94. The van der Waals surface area contributed by atoms with Crippen LogP contribution < -0.4 is 10.1 Å². The summed E-state index contributed by atoms with van der Waals surface area (Å²) in [5.74, 6) is -1.82. The van der Waals surface area contributed by atoms with Gasteiger partial charge < -0.3 is 15.2 Å². The van der Waals surface area contributed by atoms with Crippen molar-refractivity contribution in [3.8, 4) is 5.75 Å². The van der Waals surface area contributed by atoms with Crippen LogP contribution in [0.15, 0.2) is 48.5 Å². The van der Waals surface area contributed by atoms with Crippen LogP contribution in [-0.4, -0.2) is 29.0 Å². The Labute approximate surface area is 149 Å². The summed E-state index contributed by atoms with van der Waals surface area (Å²) >= 11 is 0. The Bertz CT molecular complexity index is 804. The van der Waals surface area contributed by atoms with Gasteiger partial charge in [0.15, 0.2) is 0 Å². The molecule has 1 amide bonds. The maximum atomic E-state index is 12.5. The van der Waals surface area contributed by atoms with Gasteiger partial charge in [0.25, 0.3) is 5.69 Å². The summed E-state index contributed by atoms with van der Waals surface area (Å²) in [4.78, 5) is 33.8. The number of hydrogen-bond donors (Lipinski definition) is 2. The molecule has 8 heteroatoms. The fourth-order valence-corrected chi connectivity index (χ4v) is 2.52. The topological polar surface area (TPSA) is 119 Å². The lowest BCUT2D eigenvalue weighted by Gasteiger charge is -2.17. The number of non-ortho nitro benzene ring substituents is 1. The average molecular weight is 358 g/mol. The number of carbonyl (C=O) groups excluding carboxylic acids is 1. The number of nitro groups is 1. The first kappa shape index (κ1) is 18.9. The van der Waals surface area contributed by atoms with Gasteiger partial charge in [-0.1, -0.05) is 18.2 Å². The zero-order valence-corrected chi connectivity index (χ0v) is 14.0. The van der Waals surface area contributed by atoms with Gasteiger partial charge in [0, 0.05) is 17.8 Å². The van der Waals surface area contributed by atoms with Crippen molar-refractivity contribution in [1.82, 2.24) is 0 Å². The summed E-state index contributed by atoms with van der Waals surface area (Å²) < 4.78 is 5.24. The summed E-state index contributed by atoms with van der Waals surface area (Å²) in [6, 6.07) is 12.4. The summed E-state index contributed by atoms with van der Waals surface area (Å²) in [7, 11) is 1.50. The number of ether oxygens (including phenoxy) is 1. The number of anilines is 1. The Morgan fingerprint density at radius 2 is 1.85 bits per heavy atom. The molecule has 0 heterocycles. The van der Waals surface area contributed by atoms with E-state index in [0.29, 0.717) is 11.4 Å². The van der Waals surface area contributed by atoms with Gasteiger partial charge in [0.2, 0.25) is 5.91 Å². The normalized spacial score (nSPS) is 11.4. The van der Waals surface area contributed by atoms with Crippen molar-refractivity contribution in [2.45, 2.75) is 12.8 Å². The average Bonchev–Trinajstić information content (AvgIpc) is 2.61. The molecule has 1 atom stereocenters. The highest BCUT2D eigenvalue weighted by atomic mass is 16.6. The van der Waals surface area contributed by atoms with E-state index in [2.05, 4.69) is 5.32 Å². The molecule has 136 valence electrons. The number of para-hydroxylation sites is 1. The minimum atomic E-state index is -1.09. The zero-order valence-electron chi connectivity index (χ0n) is 14.0. The van der Waals surface area contributed by atoms with Crippen LogP contribution in [0.25, 0.3) is 0 Å². The van der Waals surface area contributed by atoms with E-state index in [1.54, 1.807) is 24.3 Å². The molecule has 2 rings (SSSR count). The van der Waals surface area contributed by atoms with Gasteiger partial charge in [-0.25, -0.2) is 0 Å². The van der Waals surface area contributed by atoms with Gasteiger partial charge >= 0.3 is 5.97 Å². The van der Waals surface area contributed by atoms with Crippen molar-refractivity contribution in [2.75, 3.05) is 12.4 Å². The van der Waals surface area contributed by atoms with E-state index < -0.39 is 22.7 Å². The second-order valence-corrected chi connectivity index (χ2v) is 5.60. The number of nitro benzene ring substituents is 1. The van der Waals surface area contributed by atoms with E-state index >= 15 is 0 Å². The number of hydrogen-bond acceptors (Lipinski definition) is 5. The summed E-state index contributed by atoms with van der Waals surface area (Å²) in [6.45, 7) is 0. The van der Waals surface area contributed by atoms with E-state index in [0.717, 1.165) is 5.56 Å². The van der Waals surface area contributed by atoms with Crippen LogP contribution >= 0.6 is 0 Å². The SMILES string of the molecule is COc1ccccc1CC(CC(=O)O)C(=O)Nc1ccc([N+](=O)[O-])cc1. The summed E-state index contributed by atoms with van der Waals surface area (Å²) in [5, 5.41) is 22.4. The minimum absolute atomic E-state index is 0.0980. The number of amides is 1. The molecular formula is C18H18N2O6. The van der Waals surface area contributed by atoms with Crippen LogP contribution in [0.3, 0.4) is 0 Å². The van der Waals surface area contributed by atoms with Gasteiger partial charge in [-0.05, 0) is 30.2 Å². The first-order chi connectivity index (χ1) is 12.4. The third-order valence-electron chi connectivity index (χ3n) is 3.80. The Kier molecular flexibility index (Phi) is 6.26. The van der Waals surface area contributed by atoms with Crippen LogP contribution in [-0.2, 0) is 16.0 Å². The summed E-state index contributed by atoms with van der Waals surface area (Å²) in [6.07, 6.45) is -0.161. The van der Waals surface area contributed by atoms with Crippen molar-refractivity contribution >= 4 is 23.3 Å². The largest absolute Gasteiger partial charge is 0.496 e. The van der Waals surface area contributed by atoms with E-state index in [-0.39, 0.29) is 18.5 Å². The van der Waals surface area contributed by atoms with Crippen LogP contribution in [0.5, 0.6) is 5.75 Å². The molecule has 2 N–H and O–H groups in total. The molecule has 0 aliphatic carbocycles. The fraction of sp³-hybridized carbons (Fsp3) is 0.222. The molecule has 0 aliphatic rings. The third-order valence-corrected chi connectivity index (χ3v) is 3.80. The first-order valence-corrected chi connectivity index (χ1v) is 7.79. The van der Waals surface area contributed by atoms with Crippen molar-refractivity contribution in [3.63, 3.8) is 0 Å². The molecule has 0 aromatic heterocycles. The molecule has 0 aliphatic heterocycles. The monoisotopic (exact) mass is 358 g/mol. The van der Waals surface area contributed by atoms with Crippen LogP contribution in [0.1, 0.15) is 12.0 Å². The van der Waals surface area contributed by atoms with E-state index in [1.165, 1.54) is 31.4 Å². The van der Waals surface area contributed by atoms with Gasteiger partial charge in [-0.3, -0.25) is 19.7 Å². The highest BCUT2D eigenvalue weighted by Crippen LogP contribution is 2.24. The lowest BCUT2D eigenvalue weighted by atomic mass is 9.94. The Morgan fingerprint density at radius 3 is 2.42 bits per heavy atom. The van der Waals surface area contributed by atoms with E-state index in [4.69, 9.17) is 9.84 Å². The number of nitrogens with zero attached hydrogens (tertiary/aromatic N) is 1. The molecular weight excluding hydrogens is 340 g/mol. The number of methoxy groups -OCH3 is 1. The number of rotatable bonds is 8. The predicted molar refractivity (Wildman–Crippen MR) is 94.2 cm³/mol. The van der Waals surface area contributed by atoms with E-state index in [1.807, 2.05) is 0 Å². The van der Waals surface area contributed by atoms with Crippen molar-refractivity contribution < 1.29 is 24.4 Å². The van der Waals surface area contributed by atoms with Gasteiger partial charge in [-0.15, -0.1) is 0 Å². The minimum Gasteiger partial charge on any atom is -0.496 e. The molecule has 26 heavy (non-hydrogen) atoms. The Hall–Kier alpha value is -3.42. The molecule has 0 spiro atoms. The molecule has 0 saturated heterocycles. The quantitative estimate of drug-likeness (QED) is 0.553. The van der Waals surface area contributed by atoms with Gasteiger partial charge in [-0.2, -0.15) is 0 Å². The fourth-order valence-electron chi connectivity index (χ4n) is 2.52. The molecule has 2 aromatic rings. The van der Waals surface area contributed by atoms with Gasteiger partial charge in [0.1, 0.15) is 5.75 Å². The Balaban J connectivity index is 2.16. The number of benzene rings is 2. The number of aliphatic carboxylic acids is 1. The second-order valence-electron chi connectivity index (χ2n) is 5.60. The lowest BCUT2D eigenvalue weighted by molar-refractivity contribution is -0.384. The second kappa shape index (κ2) is 8.61. The Morgan fingerprint density at radius 1 is 1.19 bits per heavy atom. The molecule has 8 nitrogen and oxygen atoms in total. The maximum Gasteiger partial charge on any atom is 0.304 e. The highest BCUT2D eigenvalue weighted by Gasteiger charge is 2.24. The third kappa shape index (κ3) is 5.04. The summed E-state index contributed by atoms with van der Waals surface area (Å²) in [5.41, 5.74) is 0.982. The smallest absolute Gasteiger partial charge is 0.304 e.